The first kappa shape index (κ1) is 100.0. The molecule has 0 aromatic heterocycles. The van der Waals surface area contributed by atoms with Gasteiger partial charge in [0.15, 0.2) is 0 Å². The molecule has 0 fully saturated rings. The van der Waals surface area contributed by atoms with Crippen LogP contribution in [0.5, 0.6) is 0 Å². The molecule has 0 unspecified atom stereocenters. The molecule has 0 spiro atoms. The molecule has 0 nitrogen and oxygen atoms in total. The van der Waals surface area contributed by atoms with Gasteiger partial charge < -0.3 is 18.8 Å². The van der Waals surface area contributed by atoms with Crippen LogP contribution in [0, 0.1) is 0 Å². The summed E-state index contributed by atoms with van der Waals surface area (Å²) in [6.45, 7) is 0. The van der Waals surface area contributed by atoms with Gasteiger partial charge in [0.2, 0.25) is 0 Å². The zero-order valence-electron chi connectivity index (χ0n) is 2.93. The van der Waals surface area contributed by atoms with Crippen LogP contribution in [0.15, 0.2) is 0 Å². The molecule has 0 aliphatic carbocycles. The Morgan fingerprint density at radius 2 is 0.500 bits per heavy atom. The van der Waals surface area contributed by atoms with Crippen LogP contribution < -0.4 is 18.8 Å². The largest absolute Gasteiger partial charge is 2.00 e. The zero-order valence-corrected chi connectivity index (χ0v) is 7.82. The molecule has 0 aliphatic rings. The van der Waals surface area contributed by atoms with Crippen molar-refractivity contribution in [3.8, 4) is 0 Å². The molecule has 0 rings (SSSR count). The molecule has 0 heterocycles. The quantitative estimate of drug-likeness (QED) is 0.261. The molecule has 6 heteroatoms. The summed E-state index contributed by atoms with van der Waals surface area (Å²) in [4.78, 5) is 0. The maximum Gasteiger partial charge on any atom is 2.00 e. The predicted octanol–water partition coefficient (Wildman–Crippen LogP) is -12.7. The molecule has 32 valence electrons. The normalized spacial score (nSPS) is 0. The van der Waals surface area contributed by atoms with Gasteiger partial charge in [-0.25, -0.2) is 0 Å². The molecule has 6 heavy (non-hydrogen) atoms. The van der Waals surface area contributed by atoms with Crippen LogP contribution in [0.2, 0.25) is 0 Å². The third-order valence-electron chi connectivity index (χ3n) is 0. The van der Waals surface area contributed by atoms with E-state index in [-0.39, 0.29) is 87.4 Å². The third kappa shape index (κ3) is 38.1. The fourth-order valence-corrected chi connectivity index (χ4v) is 0. The van der Waals surface area contributed by atoms with Gasteiger partial charge in [-0.15, -0.1) is 0 Å². The van der Waals surface area contributed by atoms with Gasteiger partial charge in [0, 0.05) is 0 Å². The molecule has 0 aromatic rings. The maximum absolute atomic E-state index is 0. The van der Waals surface area contributed by atoms with Gasteiger partial charge >= 0.3 is 68.5 Å². The first-order chi connectivity index (χ1) is 0. The van der Waals surface area contributed by atoms with Crippen LogP contribution in [0.25, 0.3) is 0 Å². The van der Waals surface area contributed by atoms with Gasteiger partial charge in [0.05, 0.1) is 0 Å². The molecule has 0 amide bonds. The Hall–Kier alpha value is 1.97. The second kappa shape index (κ2) is 64.1. The van der Waals surface area contributed by atoms with E-state index in [9.17, 15) is 0 Å². The first-order valence-corrected chi connectivity index (χ1v) is 0. The topological polar surface area (TPSA) is 0 Å². The van der Waals surface area contributed by atoms with Gasteiger partial charge in [-0.3, -0.25) is 0 Å². The number of hydrogen-bond donors (Lipinski definition) is 0. The Morgan fingerprint density at radius 3 is 0.500 bits per heavy atom. The van der Waals surface area contributed by atoms with E-state index in [1.54, 1.807) is 0 Å². The van der Waals surface area contributed by atoms with Crippen LogP contribution >= 0.6 is 0 Å². The molecule has 0 bridgehead atoms. The Balaban J connectivity index is 0. The van der Waals surface area contributed by atoms with Crippen molar-refractivity contribution in [3.63, 3.8) is 0 Å². The fraction of sp³-hybridized carbons (Fsp3) is 0. The van der Waals surface area contributed by atoms with Crippen molar-refractivity contribution in [2.45, 2.75) is 0 Å². The average Bonchev–Trinajstić information content (AvgIpc) is 0. The summed E-state index contributed by atoms with van der Waals surface area (Å²) in [5, 5.41) is 0. The van der Waals surface area contributed by atoms with E-state index in [4.69, 9.17) is 0 Å². The van der Waals surface area contributed by atoms with Crippen LogP contribution in [0.3, 0.4) is 0 Å². The summed E-state index contributed by atoms with van der Waals surface area (Å²) < 4.78 is 0. The van der Waals surface area contributed by atoms with Crippen molar-refractivity contribution in [2.75, 3.05) is 0 Å². The summed E-state index contributed by atoms with van der Waals surface area (Å²) in [7, 11) is 0. The summed E-state index contributed by atoms with van der Waals surface area (Å²) in [6, 6.07) is 0. The number of halogens is 4. The smallest absolute Gasteiger partial charge is 1.00 e. The maximum atomic E-state index is 0. The molecular formula is F4MgSr. The van der Waals surface area contributed by atoms with Crippen LogP contribution in [-0.4, -0.2) is 68.5 Å². The minimum absolute atomic E-state index is 0. The van der Waals surface area contributed by atoms with Crippen molar-refractivity contribution in [3.05, 3.63) is 0 Å². The van der Waals surface area contributed by atoms with E-state index in [2.05, 4.69) is 0 Å². The van der Waals surface area contributed by atoms with E-state index < -0.39 is 0 Å². The second-order valence-corrected chi connectivity index (χ2v) is 0. The summed E-state index contributed by atoms with van der Waals surface area (Å²) in [6.07, 6.45) is 0. The molecule has 0 saturated carbocycles. The average molecular weight is 188 g/mol. The third-order valence-corrected chi connectivity index (χ3v) is 0. The fourth-order valence-electron chi connectivity index (χ4n) is 0. The number of hydrogen-bond acceptors (Lipinski definition) is 0. The van der Waals surface area contributed by atoms with Crippen molar-refractivity contribution in [1.82, 2.24) is 0 Å². The Bertz CT molecular complexity index is 7.51. The van der Waals surface area contributed by atoms with E-state index in [1.807, 2.05) is 0 Å². The van der Waals surface area contributed by atoms with Gasteiger partial charge in [-0.05, 0) is 0 Å². The monoisotopic (exact) mass is 188 g/mol. The molecular weight excluding hydrogens is 188 g/mol. The molecule has 0 N–H and O–H groups in total. The molecule has 0 saturated heterocycles. The summed E-state index contributed by atoms with van der Waals surface area (Å²) in [5.74, 6) is 0. The van der Waals surface area contributed by atoms with Crippen LogP contribution in [-0.2, 0) is 0 Å². The van der Waals surface area contributed by atoms with Gasteiger partial charge in [-0.2, -0.15) is 0 Å². The Kier molecular flexibility index (Phi) is 1070. The second-order valence-electron chi connectivity index (χ2n) is 0. The Morgan fingerprint density at radius 1 is 0.500 bits per heavy atom. The minimum atomic E-state index is 0. The van der Waals surface area contributed by atoms with E-state index >= 15 is 0 Å². The van der Waals surface area contributed by atoms with Gasteiger partial charge in [-0.1, -0.05) is 0 Å². The van der Waals surface area contributed by atoms with Gasteiger partial charge in [0.1, 0.15) is 0 Å². The molecule has 0 aliphatic heterocycles. The first-order valence-electron chi connectivity index (χ1n) is 0. The summed E-state index contributed by atoms with van der Waals surface area (Å²) in [5.41, 5.74) is 0. The van der Waals surface area contributed by atoms with Crippen molar-refractivity contribution >= 4 is 68.5 Å². The molecule has 0 radical (unpaired) electrons. The van der Waals surface area contributed by atoms with Crippen LogP contribution in [0.4, 0.5) is 0 Å². The zero-order chi connectivity index (χ0) is 0. The molecule has 0 aromatic carbocycles. The van der Waals surface area contributed by atoms with E-state index in [1.165, 1.54) is 0 Å². The summed E-state index contributed by atoms with van der Waals surface area (Å²) >= 11 is 0. The van der Waals surface area contributed by atoms with Crippen molar-refractivity contribution in [2.24, 2.45) is 0 Å². The predicted molar refractivity (Wildman–Crippen MR) is 11.5 cm³/mol. The number of rotatable bonds is 0. The standard InChI is InChI=1S/4FH.Mg.Sr/h4*1H;;/q;;;;2*+2/p-4. The van der Waals surface area contributed by atoms with E-state index in [0.717, 1.165) is 0 Å². The minimum Gasteiger partial charge on any atom is -1.00 e. The SMILES string of the molecule is [F-].[F-].[F-].[F-].[Mg+2].[Sr+2]. The Labute approximate surface area is 85.9 Å². The molecule has 0 atom stereocenters. The van der Waals surface area contributed by atoms with Gasteiger partial charge in [0.25, 0.3) is 0 Å². The van der Waals surface area contributed by atoms with Crippen molar-refractivity contribution < 1.29 is 18.8 Å². The van der Waals surface area contributed by atoms with Crippen LogP contribution in [0.1, 0.15) is 0 Å². The van der Waals surface area contributed by atoms with Crippen molar-refractivity contribution in [1.29, 1.82) is 0 Å². The van der Waals surface area contributed by atoms with E-state index in [0.29, 0.717) is 0 Å².